The van der Waals surface area contributed by atoms with Crippen LogP contribution in [0.2, 0.25) is 0 Å². The highest BCUT2D eigenvalue weighted by atomic mass is 16.5. The van der Waals surface area contributed by atoms with E-state index in [1.165, 1.54) is 0 Å². The molecule has 1 aromatic rings. The summed E-state index contributed by atoms with van der Waals surface area (Å²) >= 11 is 0. The molecule has 0 atom stereocenters. The van der Waals surface area contributed by atoms with Crippen molar-refractivity contribution in [2.75, 3.05) is 6.54 Å². The van der Waals surface area contributed by atoms with Gasteiger partial charge in [0, 0.05) is 19.9 Å². The maximum absolute atomic E-state index is 5.07. The van der Waals surface area contributed by atoms with Gasteiger partial charge in [-0.25, -0.2) is 0 Å². The molecular formula is C8H11N3O. The van der Waals surface area contributed by atoms with E-state index in [0.717, 1.165) is 13.0 Å². The van der Waals surface area contributed by atoms with Gasteiger partial charge in [0.15, 0.2) is 5.82 Å². The van der Waals surface area contributed by atoms with Crippen molar-refractivity contribution in [2.24, 2.45) is 0 Å². The topological polar surface area (TPSA) is 51.0 Å². The van der Waals surface area contributed by atoms with Crippen LogP contribution in [0.25, 0.3) is 0 Å². The van der Waals surface area contributed by atoms with E-state index in [0.29, 0.717) is 18.3 Å². The molecule has 12 heavy (non-hydrogen) atoms. The van der Waals surface area contributed by atoms with Crippen molar-refractivity contribution in [3.8, 4) is 12.3 Å². The molecule has 1 heterocycles. The molecule has 0 unspecified atom stereocenters. The maximum atomic E-state index is 5.07. The monoisotopic (exact) mass is 165 g/mol. The Morgan fingerprint density at radius 1 is 1.67 bits per heavy atom. The molecule has 1 rings (SSSR count). The van der Waals surface area contributed by atoms with Gasteiger partial charge in [0.1, 0.15) is 0 Å². The van der Waals surface area contributed by atoms with Crippen LogP contribution in [0, 0.1) is 19.3 Å². The first-order chi connectivity index (χ1) is 5.83. The molecule has 0 saturated carbocycles. The van der Waals surface area contributed by atoms with E-state index in [1.54, 1.807) is 6.92 Å². The number of nitrogens with one attached hydrogen (secondary N) is 1. The van der Waals surface area contributed by atoms with Gasteiger partial charge in [-0.1, -0.05) is 5.16 Å². The zero-order valence-electron chi connectivity index (χ0n) is 7.00. The van der Waals surface area contributed by atoms with Gasteiger partial charge in [-0.3, -0.25) is 0 Å². The Kier molecular flexibility index (Phi) is 3.30. The fourth-order valence-corrected chi connectivity index (χ4v) is 0.774. The second-order valence-electron chi connectivity index (χ2n) is 2.36. The van der Waals surface area contributed by atoms with E-state index in [9.17, 15) is 0 Å². The fourth-order valence-electron chi connectivity index (χ4n) is 0.774. The van der Waals surface area contributed by atoms with Crippen LogP contribution in [0.1, 0.15) is 18.1 Å². The highest BCUT2D eigenvalue weighted by molar-refractivity contribution is 4.86. The molecule has 0 aromatic carbocycles. The predicted molar refractivity (Wildman–Crippen MR) is 44.2 cm³/mol. The quantitative estimate of drug-likeness (QED) is 0.521. The summed E-state index contributed by atoms with van der Waals surface area (Å²) in [7, 11) is 0. The van der Waals surface area contributed by atoms with E-state index in [4.69, 9.17) is 10.9 Å². The minimum absolute atomic E-state index is 0.587. The van der Waals surface area contributed by atoms with Crippen molar-refractivity contribution in [2.45, 2.75) is 19.9 Å². The molecule has 0 aliphatic heterocycles. The van der Waals surface area contributed by atoms with Crippen LogP contribution >= 0.6 is 0 Å². The summed E-state index contributed by atoms with van der Waals surface area (Å²) in [4.78, 5) is 4.02. The minimum Gasteiger partial charge on any atom is -0.340 e. The number of hydrogen-bond acceptors (Lipinski definition) is 4. The Hall–Kier alpha value is -1.34. The Bertz CT molecular complexity index is 274. The van der Waals surface area contributed by atoms with Crippen LogP contribution in [0.5, 0.6) is 0 Å². The van der Waals surface area contributed by atoms with Crippen molar-refractivity contribution in [1.29, 1.82) is 0 Å². The van der Waals surface area contributed by atoms with E-state index >= 15 is 0 Å². The summed E-state index contributed by atoms with van der Waals surface area (Å²) in [6.07, 6.45) is 5.79. The van der Waals surface area contributed by atoms with E-state index < -0.39 is 0 Å². The fraction of sp³-hybridized carbons (Fsp3) is 0.500. The highest BCUT2D eigenvalue weighted by Gasteiger charge is 1.99. The molecule has 0 fully saturated rings. The van der Waals surface area contributed by atoms with Crippen LogP contribution in [0.15, 0.2) is 4.52 Å². The van der Waals surface area contributed by atoms with Crippen LogP contribution in [-0.4, -0.2) is 16.7 Å². The van der Waals surface area contributed by atoms with E-state index in [-0.39, 0.29) is 0 Å². The van der Waals surface area contributed by atoms with Gasteiger partial charge in [-0.2, -0.15) is 4.98 Å². The van der Waals surface area contributed by atoms with Crippen LogP contribution < -0.4 is 5.32 Å². The van der Waals surface area contributed by atoms with Gasteiger partial charge in [-0.15, -0.1) is 12.3 Å². The number of aryl methyl sites for hydroxylation is 1. The molecule has 0 saturated heterocycles. The summed E-state index contributed by atoms with van der Waals surface area (Å²) < 4.78 is 4.78. The van der Waals surface area contributed by atoms with Crippen LogP contribution in [0.3, 0.4) is 0 Å². The molecule has 4 nitrogen and oxygen atoms in total. The maximum Gasteiger partial charge on any atom is 0.223 e. The van der Waals surface area contributed by atoms with Crippen molar-refractivity contribution in [3.05, 3.63) is 11.7 Å². The number of terminal acetylenes is 1. The summed E-state index contributed by atoms with van der Waals surface area (Å²) in [5.41, 5.74) is 0. The Morgan fingerprint density at radius 3 is 3.08 bits per heavy atom. The van der Waals surface area contributed by atoms with Gasteiger partial charge in [0.05, 0.1) is 6.54 Å². The molecule has 4 heteroatoms. The third-order valence-corrected chi connectivity index (χ3v) is 1.30. The van der Waals surface area contributed by atoms with Gasteiger partial charge in [-0.05, 0) is 0 Å². The zero-order valence-corrected chi connectivity index (χ0v) is 7.00. The van der Waals surface area contributed by atoms with Gasteiger partial charge >= 0.3 is 0 Å². The van der Waals surface area contributed by atoms with Crippen molar-refractivity contribution < 1.29 is 4.52 Å². The molecule has 0 bridgehead atoms. The number of aromatic nitrogens is 2. The first-order valence-corrected chi connectivity index (χ1v) is 3.76. The SMILES string of the molecule is C#CCCNCc1noc(C)n1. The Labute approximate surface area is 71.4 Å². The lowest BCUT2D eigenvalue weighted by atomic mass is 10.4. The molecule has 0 amide bonds. The van der Waals surface area contributed by atoms with Crippen LogP contribution in [-0.2, 0) is 6.54 Å². The second kappa shape index (κ2) is 4.52. The molecule has 64 valence electrons. The molecule has 1 N–H and O–H groups in total. The smallest absolute Gasteiger partial charge is 0.223 e. The van der Waals surface area contributed by atoms with E-state index in [2.05, 4.69) is 21.4 Å². The standard InChI is InChI=1S/C8H11N3O/c1-3-4-5-9-6-8-10-7(2)12-11-8/h1,9H,4-6H2,2H3. The summed E-state index contributed by atoms with van der Waals surface area (Å²) in [5, 5.41) is 6.80. The number of hydrogen-bond donors (Lipinski definition) is 1. The van der Waals surface area contributed by atoms with Crippen molar-refractivity contribution in [1.82, 2.24) is 15.5 Å². The zero-order chi connectivity index (χ0) is 8.81. The molecule has 0 spiro atoms. The third-order valence-electron chi connectivity index (χ3n) is 1.30. The van der Waals surface area contributed by atoms with Crippen molar-refractivity contribution >= 4 is 0 Å². The van der Waals surface area contributed by atoms with Crippen LogP contribution in [0.4, 0.5) is 0 Å². The number of nitrogens with zero attached hydrogens (tertiary/aromatic N) is 2. The lowest BCUT2D eigenvalue weighted by molar-refractivity contribution is 0.385. The summed E-state index contributed by atoms with van der Waals surface area (Å²) in [6.45, 7) is 3.15. The Balaban J connectivity index is 2.21. The number of rotatable bonds is 4. The molecule has 0 radical (unpaired) electrons. The molecule has 1 aromatic heterocycles. The molecule has 0 aliphatic rings. The predicted octanol–water partition coefficient (Wildman–Crippen LogP) is 0.491. The lowest BCUT2D eigenvalue weighted by Gasteiger charge is -1.95. The molecular weight excluding hydrogens is 154 g/mol. The first-order valence-electron chi connectivity index (χ1n) is 3.76. The van der Waals surface area contributed by atoms with Gasteiger partial charge in [0.2, 0.25) is 5.89 Å². The van der Waals surface area contributed by atoms with Gasteiger partial charge in [0.25, 0.3) is 0 Å². The largest absolute Gasteiger partial charge is 0.340 e. The third kappa shape index (κ3) is 2.72. The Morgan fingerprint density at radius 2 is 2.50 bits per heavy atom. The minimum atomic E-state index is 0.587. The van der Waals surface area contributed by atoms with Gasteiger partial charge < -0.3 is 9.84 Å². The molecule has 0 aliphatic carbocycles. The normalized spacial score (nSPS) is 9.67. The lowest BCUT2D eigenvalue weighted by Crippen LogP contribution is -2.15. The summed E-state index contributed by atoms with van der Waals surface area (Å²) in [6, 6.07) is 0. The highest BCUT2D eigenvalue weighted by Crippen LogP contribution is 1.93. The van der Waals surface area contributed by atoms with E-state index in [1.807, 2.05) is 0 Å². The average molecular weight is 165 g/mol. The van der Waals surface area contributed by atoms with Crippen molar-refractivity contribution in [3.63, 3.8) is 0 Å². The average Bonchev–Trinajstić information content (AvgIpc) is 2.45. The second-order valence-corrected chi connectivity index (χ2v) is 2.36. The summed E-state index contributed by atoms with van der Waals surface area (Å²) in [5.74, 6) is 3.79. The first kappa shape index (κ1) is 8.75.